The van der Waals surface area contributed by atoms with Crippen LogP contribution in [0.5, 0.6) is 0 Å². The predicted molar refractivity (Wildman–Crippen MR) is 45.6 cm³/mol. The fourth-order valence-electron chi connectivity index (χ4n) is 0.653. The third kappa shape index (κ3) is 6.11. The van der Waals surface area contributed by atoms with Crippen molar-refractivity contribution in [2.45, 2.75) is 30.0 Å². The molecule has 0 fully saturated rings. The Bertz CT molecular complexity index is 130. The van der Waals surface area contributed by atoms with E-state index in [2.05, 4.69) is 0 Å². The molecule has 0 aromatic carbocycles. The van der Waals surface area contributed by atoms with Gasteiger partial charge in [-0.2, -0.15) is 13.2 Å². The Morgan fingerprint density at radius 1 is 1.33 bits per heavy atom. The lowest BCUT2D eigenvalue weighted by molar-refractivity contribution is -0.138. The molecule has 0 bridgehead atoms. The van der Waals surface area contributed by atoms with Crippen LogP contribution in [0, 0.1) is 0 Å². The summed E-state index contributed by atoms with van der Waals surface area (Å²) in [5.41, 5.74) is 0. The van der Waals surface area contributed by atoms with Gasteiger partial charge in [0.2, 0.25) is 0 Å². The third-order valence-corrected chi connectivity index (χ3v) is 2.46. The van der Waals surface area contributed by atoms with Crippen molar-refractivity contribution in [1.29, 1.82) is 0 Å². The normalized spacial score (nSPS) is 15.5. The Morgan fingerprint density at radius 2 is 1.83 bits per heavy atom. The number of rotatable bonds is 4. The molecule has 0 N–H and O–H groups in total. The quantitative estimate of drug-likeness (QED) is 0.538. The largest absolute Gasteiger partial charge is 0.422 e. The molecule has 74 valence electrons. The molecule has 0 saturated carbocycles. The molecular formula is C5H9Cl2F3OSi. The lowest BCUT2D eigenvalue weighted by atomic mass is 10.2. The minimum Gasteiger partial charge on any atom is -0.422 e. The summed E-state index contributed by atoms with van der Waals surface area (Å²) in [5.74, 6) is 0. The summed E-state index contributed by atoms with van der Waals surface area (Å²) in [6.07, 6.45) is -5.94. The second kappa shape index (κ2) is 5.31. The minimum absolute atomic E-state index is 0.176. The van der Waals surface area contributed by atoms with E-state index < -0.39 is 23.5 Å². The van der Waals surface area contributed by atoms with Gasteiger partial charge in [-0.05, 0) is 6.42 Å². The fourth-order valence-corrected chi connectivity index (χ4v) is 1.96. The zero-order valence-corrected chi connectivity index (χ0v) is 9.88. The van der Waals surface area contributed by atoms with Gasteiger partial charge in [-0.1, -0.05) is 0 Å². The molecule has 1 nitrogen and oxygen atoms in total. The number of halogens is 5. The molecule has 0 radical (unpaired) electrons. The van der Waals surface area contributed by atoms with E-state index >= 15 is 0 Å². The second-order valence-corrected chi connectivity index (χ2v) is 3.90. The van der Waals surface area contributed by atoms with Gasteiger partial charge in [0.25, 0.3) is 0 Å². The zero-order valence-electron chi connectivity index (χ0n) is 6.37. The number of alkyl halides is 5. The average molecular weight is 241 g/mol. The molecule has 12 heavy (non-hydrogen) atoms. The maximum absolute atomic E-state index is 11.7. The Morgan fingerprint density at radius 3 is 2.08 bits per heavy atom. The van der Waals surface area contributed by atoms with Crippen LogP contribution in [-0.2, 0) is 4.43 Å². The standard InChI is InChI=1S/C5H9Cl2F3OSi/c6-4(7)3(11-12)1-2-5(8,9)10/h3-4H,1-2H2,12H3. The van der Waals surface area contributed by atoms with Crippen LogP contribution in [0.2, 0.25) is 0 Å². The molecule has 0 spiro atoms. The minimum atomic E-state index is -4.17. The molecule has 7 heteroatoms. The summed E-state index contributed by atoms with van der Waals surface area (Å²) >= 11 is 10.7. The van der Waals surface area contributed by atoms with Crippen LogP contribution in [0.3, 0.4) is 0 Å². The maximum Gasteiger partial charge on any atom is 0.389 e. The van der Waals surface area contributed by atoms with E-state index in [-0.39, 0.29) is 6.42 Å². The summed E-state index contributed by atoms with van der Waals surface area (Å²) < 4.78 is 39.8. The highest BCUT2D eigenvalue weighted by atomic mass is 35.5. The van der Waals surface area contributed by atoms with Crippen LogP contribution >= 0.6 is 23.2 Å². The van der Waals surface area contributed by atoms with Crippen molar-refractivity contribution in [2.75, 3.05) is 0 Å². The third-order valence-electron chi connectivity index (χ3n) is 1.30. The van der Waals surface area contributed by atoms with Gasteiger partial charge in [0.1, 0.15) is 15.3 Å². The van der Waals surface area contributed by atoms with Crippen molar-refractivity contribution in [1.82, 2.24) is 0 Å². The second-order valence-electron chi connectivity index (χ2n) is 2.26. The van der Waals surface area contributed by atoms with E-state index in [1.807, 2.05) is 0 Å². The first-order valence-electron chi connectivity index (χ1n) is 3.24. The average Bonchev–Trinajstić information content (AvgIpc) is 1.85. The molecule has 0 saturated heterocycles. The van der Waals surface area contributed by atoms with Gasteiger partial charge >= 0.3 is 6.18 Å². The summed E-state index contributed by atoms with van der Waals surface area (Å²) in [4.78, 5) is -0.884. The van der Waals surface area contributed by atoms with E-state index in [1.54, 1.807) is 0 Å². The van der Waals surface area contributed by atoms with Gasteiger partial charge in [0.15, 0.2) is 0 Å². The van der Waals surface area contributed by atoms with Crippen molar-refractivity contribution >= 4 is 33.7 Å². The van der Waals surface area contributed by atoms with Crippen LogP contribution in [0.4, 0.5) is 13.2 Å². The molecule has 1 atom stereocenters. The fraction of sp³-hybridized carbons (Fsp3) is 1.00. The zero-order chi connectivity index (χ0) is 9.78. The van der Waals surface area contributed by atoms with Crippen LogP contribution in [0.15, 0.2) is 0 Å². The highest BCUT2D eigenvalue weighted by molar-refractivity contribution is 6.44. The highest BCUT2D eigenvalue weighted by Crippen LogP contribution is 2.25. The maximum atomic E-state index is 11.7. The van der Waals surface area contributed by atoms with Gasteiger partial charge in [-0.15, -0.1) is 23.2 Å². The molecular weight excluding hydrogens is 232 g/mol. The summed E-state index contributed by atoms with van der Waals surface area (Å²) in [7, 11) is 0.335. The molecule has 0 aliphatic rings. The molecule has 0 amide bonds. The van der Waals surface area contributed by atoms with E-state index in [1.165, 1.54) is 0 Å². The number of hydrogen-bond acceptors (Lipinski definition) is 1. The number of hydrogen-bond donors (Lipinski definition) is 0. The van der Waals surface area contributed by atoms with Crippen molar-refractivity contribution in [3.63, 3.8) is 0 Å². The summed E-state index contributed by atoms with van der Waals surface area (Å²) in [5, 5.41) is 0. The monoisotopic (exact) mass is 240 g/mol. The Hall–Kier alpha value is 0.547. The van der Waals surface area contributed by atoms with Gasteiger partial charge in [0, 0.05) is 6.42 Å². The summed E-state index contributed by atoms with van der Waals surface area (Å²) in [6.45, 7) is 0. The lowest BCUT2D eigenvalue weighted by Gasteiger charge is -2.17. The Balaban J connectivity index is 3.73. The summed E-state index contributed by atoms with van der Waals surface area (Å²) in [6, 6.07) is 0. The van der Waals surface area contributed by atoms with E-state index in [9.17, 15) is 13.2 Å². The molecule has 0 rings (SSSR count). The first-order chi connectivity index (χ1) is 5.37. The molecule has 0 aromatic heterocycles. The first-order valence-corrected chi connectivity index (χ1v) is 4.93. The topological polar surface area (TPSA) is 9.23 Å². The van der Waals surface area contributed by atoms with Crippen molar-refractivity contribution in [3.05, 3.63) is 0 Å². The van der Waals surface area contributed by atoms with Crippen molar-refractivity contribution < 1.29 is 17.6 Å². The smallest absolute Gasteiger partial charge is 0.389 e. The van der Waals surface area contributed by atoms with Crippen molar-refractivity contribution in [3.8, 4) is 0 Å². The molecule has 0 aromatic rings. The Labute approximate surface area is 81.7 Å². The molecule has 0 aliphatic carbocycles. The van der Waals surface area contributed by atoms with Gasteiger partial charge in [0.05, 0.1) is 6.10 Å². The van der Waals surface area contributed by atoms with Crippen LogP contribution in [0.25, 0.3) is 0 Å². The van der Waals surface area contributed by atoms with Crippen LogP contribution in [0.1, 0.15) is 12.8 Å². The van der Waals surface area contributed by atoms with Gasteiger partial charge in [-0.25, -0.2) is 0 Å². The van der Waals surface area contributed by atoms with E-state index in [0.717, 1.165) is 0 Å². The molecule has 0 heterocycles. The highest BCUT2D eigenvalue weighted by Gasteiger charge is 2.29. The van der Waals surface area contributed by atoms with E-state index in [0.29, 0.717) is 10.5 Å². The Kier molecular flexibility index (Phi) is 5.56. The predicted octanol–water partition coefficient (Wildman–Crippen LogP) is 1.80. The molecule has 0 aliphatic heterocycles. The van der Waals surface area contributed by atoms with Crippen LogP contribution in [-0.4, -0.2) is 27.6 Å². The van der Waals surface area contributed by atoms with Gasteiger partial charge in [-0.3, -0.25) is 0 Å². The van der Waals surface area contributed by atoms with Crippen LogP contribution < -0.4 is 0 Å². The first kappa shape index (κ1) is 12.5. The SMILES string of the molecule is FC(F)(F)CCC(O[SiH3])C(Cl)Cl. The lowest BCUT2D eigenvalue weighted by Crippen LogP contribution is -2.22. The molecule has 1 unspecified atom stereocenters. The van der Waals surface area contributed by atoms with Crippen molar-refractivity contribution in [2.24, 2.45) is 0 Å². The van der Waals surface area contributed by atoms with E-state index in [4.69, 9.17) is 27.6 Å². The van der Waals surface area contributed by atoms with Gasteiger partial charge < -0.3 is 4.43 Å².